The van der Waals surface area contributed by atoms with Gasteiger partial charge in [-0.15, -0.1) is 11.3 Å². The lowest BCUT2D eigenvalue weighted by Crippen LogP contribution is -2.31. The number of rotatable bonds is 5. The number of anilines is 1. The van der Waals surface area contributed by atoms with E-state index in [4.69, 9.17) is 4.74 Å². The van der Waals surface area contributed by atoms with Crippen molar-refractivity contribution < 1.29 is 19.4 Å². The first-order valence-corrected chi connectivity index (χ1v) is 11.0. The lowest BCUT2D eigenvalue weighted by Gasteiger charge is -2.27. The highest BCUT2D eigenvalue weighted by Crippen LogP contribution is 2.43. The summed E-state index contributed by atoms with van der Waals surface area (Å²) in [5, 5.41) is 11.7. The Morgan fingerprint density at radius 3 is 2.47 bits per heavy atom. The normalized spacial score (nSPS) is 16.1. The maximum atomic E-state index is 13.6. The number of aliphatic hydroxyl groups is 1. The summed E-state index contributed by atoms with van der Waals surface area (Å²) in [6.45, 7) is 7.53. The van der Waals surface area contributed by atoms with Gasteiger partial charge < -0.3 is 9.84 Å². The minimum Gasteiger partial charge on any atom is -0.503 e. The van der Waals surface area contributed by atoms with Crippen LogP contribution in [0.1, 0.15) is 43.1 Å². The Balaban J connectivity index is 1.92. The van der Waals surface area contributed by atoms with Crippen molar-refractivity contribution in [3.63, 3.8) is 0 Å². The van der Waals surface area contributed by atoms with E-state index in [0.29, 0.717) is 27.6 Å². The molecule has 0 spiro atoms. The predicted octanol–water partition coefficient (Wildman–Crippen LogP) is 5.17. The fourth-order valence-electron chi connectivity index (χ4n) is 3.97. The Labute approximate surface area is 190 Å². The van der Waals surface area contributed by atoms with Crippen LogP contribution >= 0.6 is 11.3 Å². The molecule has 164 valence electrons. The second-order valence-electron chi connectivity index (χ2n) is 7.86. The molecule has 32 heavy (non-hydrogen) atoms. The quantitative estimate of drug-likeness (QED) is 0.545. The molecular weight excluding hydrogens is 424 g/mol. The minimum atomic E-state index is -0.797. The molecule has 1 N–H and O–H groups in total. The molecule has 7 heteroatoms. The molecule has 6 nitrogen and oxygen atoms in total. The Morgan fingerprint density at radius 2 is 1.84 bits per heavy atom. The van der Waals surface area contributed by atoms with Gasteiger partial charge in [0.25, 0.3) is 5.91 Å². The molecule has 3 aromatic rings. The molecule has 2 aromatic carbocycles. The maximum Gasteiger partial charge on any atom is 0.294 e. The van der Waals surface area contributed by atoms with Crippen molar-refractivity contribution in [2.75, 3.05) is 12.0 Å². The van der Waals surface area contributed by atoms with Gasteiger partial charge in [0.1, 0.15) is 5.75 Å². The maximum absolute atomic E-state index is 13.6. The van der Waals surface area contributed by atoms with E-state index >= 15 is 0 Å². The van der Waals surface area contributed by atoms with Gasteiger partial charge in [0, 0.05) is 5.69 Å². The number of nitrogens with zero attached hydrogens (tertiary/aromatic N) is 2. The number of amides is 1. The van der Waals surface area contributed by atoms with Crippen LogP contribution in [-0.4, -0.2) is 28.9 Å². The summed E-state index contributed by atoms with van der Waals surface area (Å²) in [7, 11) is 1.56. The number of benzene rings is 2. The fraction of sp³-hybridized carbons (Fsp3) is 0.240. The number of carbonyl (C=O) groups excluding carboxylic acids is 2. The van der Waals surface area contributed by atoms with Crippen molar-refractivity contribution in [2.45, 2.75) is 33.7 Å². The molecule has 0 bridgehead atoms. The van der Waals surface area contributed by atoms with Crippen LogP contribution in [0.4, 0.5) is 5.69 Å². The summed E-state index contributed by atoms with van der Waals surface area (Å²) < 4.78 is 5.37. The van der Waals surface area contributed by atoms with Gasteiger partial charge in [-0.1, -0.05) is 18.2 Å². The third kappa shape index (κ3) is 3.58. The molecule has 0 saturated carbocycles. The first kappa shape index (κ1) is 21.8. The zero-order valence-electron chi connectivity index (χ0n) is 18.6. The van der Waals surface area contributed by atoms with Gasteiger partial charge in [0.15, 0.2) is 5.76 Å². The molecule has 0 aliphatic carbocycles. The highest BCUT2D eigenvalue weighted by molar-refractivity contribution is 7.14. The van der Waals surface area contributed by atoms with Gasteiger partial charge in [-0.2, -0.15) is 0 Å². The molecule has 1 aliphatic rings. The number of aromatic nitrogens is 1. The van der Waals surface area contributed by atoms with Gasteiger partial charge in [0.05, 0.1) is 34.3 Å². The van der Waals surface area contributed by atoms with E-state index in [-0.39, 0.29) is 5.57 Å². The number of ketones is 1. The highest BCUT2D eigenvalue weighted by Gasteiger charge is 2.45. The smallest absolute Gasteiger partial charge is 0.294 e. The number of aryl methyl sites for hydroxylation is 4. The third-order valence-electron chi connectivity index (χ3n) is 5.74. The Morgan fingerprint density at radius 1 is 1.09 bits per heavy atom. The Kier molecular flexibility index (Phi) is 5.60. The number of methoxy groups -OCH3 is 1. The van der Waals surface area contributed by atoms with E-state index in [1.165, 1.54) is 16.2 Å². The summed E-state index contributed by atoms with van der Waals surface area (Å²) in [5.74, 6) is -0.939. The van der Waals surface area contributed by atoms with Crippen LogP contribution in [0.5, 0.6) is 5.75 Å². The molecule has 4 rings (SSSR count). The van der Waals surface area contributed by atoms with E-state index in [0.717, 1.165) is 16.1 Å². The number of hydrogen-bond acceptors (Lipinski definition) is 6. The van der Waals surface area contributed by atoms with Crippen LogP contribution in [-0.2, 0) is 4.79 Å². The molecule has 1 atom stereocenters. The molecular formula is C25H24N2O4S. The predicted molar refractivity (Wildman–Crippen MR) is 125 cm³/mol. The van der Waals surface area contributed by atoms with Gasteiger partial charge in [-0.05, 0) is 68.7 Å². The number of Topliss-reactive ketones (excluding diaryl/α,β-unsaturated/α-hetero) is 1. The fourth-order valence-corrected chi connectivity index (χ4v) is 4.84. The largest absolute Gasteiger partial charge is 0.503 e. The van der Waals surface area contributed by atoms with E-state index in [9.17, 15) is 14.7 Å². The van der Waals surface area contributed by atoms with Gasteiger partial charge in [-0.3, -0.25) is 14.5 Å². The molecule has 1 unspecified atom stereocenters. The number of ether oxygens (including phenoxy) is 1. The Hall–Kier alpha value is -3.45. The van der Waals surface area contributed by atoms with Gasteiger partial charge in [-0.25, -0.2) is 4.98 Å². The van der Waals surface area contributed by atoms with Crippen LogP contribution in [0.25, 0.3) is 0 Å². The van der Waals surface area contributed by atoms with Crippen molar-refractivity contribution in [3.05, 3.63) is 86.1 Å². The average molecular weight is 449 g/mol. The average Bonchev–Trinajstić information content (AvgIpc) is 3.25. The molecule has 1 aliphatic heterocycles. The second-order valence-corrected chi connectivity index (χ2v) is 9.06. The van der Waals surface area contributed by atoms with Crippen LogP contribution < -0.4 is 9.64 Å². The summed E-state index contributed by atoms with van der Waals surface area (Å²) in [6.07, 6.45) is 0. The monoisotopic (exact) mass is 448 g/mol. The van der Waals surface area contributed by atoms with E-state index in [1.807, 2.05) is 45.0 Å². The Bertz CT molecular complexity index is 1270. The third-order valence-corrected chi connectivity index (χ3v) is 6.81. The van der Waals surface area contributed by atoms with Crippen molar-refractivity contribution in [1.82, 2.24) is 4.98 Å². The van der Waals surface area contributed by atoms with Crippen molar-refractivity contribution >= 4 is 28.7 Å². The first-order valence-electron chi connectivity index (χ1n) is 10.2. The van der Waals surface area contributed by atoms with Gasteiger partial charge >= 0.3 is 0 Å². The number of hydrogen-bond donors (Lipinski definition) is 1. The van der Waals surface area contributed by atoms with Crippen LogP contribution in [0, 0.1) is 27.7 Å². The SMILES string of the molecule is COc1cccc(C2C(C(=O)c3sc(C)nc3C)=C(O)C(=O)N2c2ccc(C)c(C)c2)c1. The van der Waals surface area contributed by atoms with E-state index in [2.05, 4.69) is 4.98 Å². The van der Waals surface area contributed by atoms with Crippen molar-refractivity contribution in [1.29, 1.82) is 0 Å². The highest BCUT2D eigenvalue weighted by atomic mass is 32.1. The second kappa shape index (κ2) is 8.24. The van der Waals surface area contributed by atoms with E-state index in [1.54, 1.807) is 32.2 Å². The topological polar surface area (TPSA) is 79.7 Å². The molecule has 2 heterocycles. The van der Waals surface area contributed by atoms with Crippen molar-refractivity contribution in [2.24, 2.45) is 0 Å². The minimum absolute atomic E-state index is 0.0493. The standard InChI is InChI=1S/C25H24N2O4S/c1-13-9-10-18(11-14(13)2)27-21(17-7-6-8-19(12-17)31-5)20(23(29)25(27)30)22(28)24-15(3)26-16(4)32-24/h6-12,21,29H,1-5H3. The summed E-state index contributed by atoms with van der Waals surface area (Å²) in [6, 6.07) is 12.1. The lowest BCUT2D eigenvalue weighted by molar-refractivity contribution is -0.117. The van der Waals surface area contributed by atoms with E-state index < -0.39 is 23.5 Å². The number of thiazole rings is 1. The summed E-state index contributed by atoms with van der Waals surface area (Å²) >= 11 is 1.26. The van der Waals surface area contributed by atoms with Crippen molar-refractivity contribution in [3.8, 4) is 5.75 Å². The lowest BCUT2D eigenvalue weighted by atomic mass is 9.94. The molecule has 0 saturated heterocycles. The summed E-state index contributed by atoms with van der Waals surface area (Å²) in [5.41, 5.74) is 4.00. The van der Waals surface area contributed by atoms with Crippen LogP contribution in [0.15, 0.2) is 53.8 Å². The molecule has 1 amide bonds. The van der Waals surface area contributed by atoms with Crippen LogP contribution in [0.3, 0.4) is 0 Å². The number of aliphatic hydroxyl groups excluding tert-OH is 1. The van der Waals surface area contributed by atoms with Gasteiger partial charge in [0.2, 0.25) is 5.78 Å². The first-order chi connectivity index (χ1) is 15.2. The molecule has 0 fully saturated rings. The molecule has 1 aromatic heterocycles. The van der Waals surface area contributed by atoms with Crippen LogP contribution in [0.2, 0.25) is 0 Å². The zero-order chi connectivity index (χ0) is 23.2. The zero-order valence-corrected chi connectivity index (χ0v) is 19.4. The molecule has 0 radical (unpaired) electrons. The number of carbonyl (C=O) groups is 2. The summed E-state index contributed by atoms with van der Waals surface area (Å²) in [4.78, 5) is 33.2.